The van der Waals surface area contributed by atoms with Gasteiger partial charge in [-0.15, -0.1) is 0 Å². The minimum atomic E-state index is 0.737. The van der Waals surface area contributed by atoms with Gasteiger partial charge in [-0.2, -0.15) is 4.98 Å². The topological polar surface area (TPSA) is 51.4 Å². The van der Waals surface area contributed by atoms with Gasteiger partial charge in [0, 0.05) is 26.2 Å². The monoisotopic (exact) mass is 341 g/mol. The average Bonchev–Trinajstić information content (AvgIpc) is 3.28. The van der Waals surface area contributed by atoms with Gasteiger partial charge in [-0.1, -0.05) is 29.4 Å². The molecule has 2 aromatic rings. The molecule has 134 valence electrons. The summed E-state index contributed by atoms with van der Waals surface area (Å²) < 4.78 is 11.0. The van der Waals surface area contributed by atoms with E-state index in [1.54, 1.807) is 0 Å². The van der Waals surface area contributed by atoms with E-state index in [0.29, 0.717) is 0 Å². The molecule has 1 unspecified atom stereocenters. The zero-order valence-corrected chi connectivity index (χ0v) is 15.0. The SMILES string of the molecule is Cc1ccccc1Cc1noc(CN2CCC(C3CCOCC3)C2)n1. The Kier molecular flexibility index (Phi) is 5.13. The maximum absolute atomic E-state index is 5.50. The van der Waals surface area contributed by atoms with Gasteiger partial charge in [0.15, 0.2) is 5.82 Å². The van der Waals surface area contributed by atoms with E-state index in [1.165, 1.54) is 30.4 Å². The second-order valence-corrected chi connectivity index (χ2v) is 7.44. The summed E-state index contributed by atoms with van der Waals surface area (Å²) in [5.41, 5.74) is 2.53. The third kappa shape index (κ3) is 4.10. The maximum Gasteiger partial charge on any atom is 0.240 e. The summed E-state index contributed by atoms with van der Waals surface area (Å²) in [6.45, 7) is 7.06. The normalized spacial score (nSPS) is 22.5. The minimum absolute atomic E-state index is 0.737. The first-order valence-electron chi connectivity index (χ1n) is 9.44. The molecule has 2 aliphatic heterocycles. The Balaban J connectivity index is 1.32. The van der Waals surface area contributed by atoms with Gasteiger partial charge in [-0.3, -0.25) is 4.90 Å². The molecule has 1 aromatic carbocycles. The fraction of sp³-hybridized carbons (Fsp3) is 0.600. The summed E-state index contributed by atoms with van der Waals surface area (Å²) in [5.74, 6) is 3.16. The van der Waals surface area contributed by atoms with Crippen LogP contribution in [0.3, 0.4) is 0 Å². The van der Waals surface area contributed by atoms with Crippen LogP contribution in [0.15, 0.2) is 28.8 Å². The number of likely N-dealkylation sites (tertiary alicyclic amines) is 1. The van der Waals surface area contributed by atoms with Crippen molar-refractivity contribution in [2.24, 2.45) is 11.8 Å². The van der Waals surface area contributed by atoms with Crippen molar-refractivity contribution >= 4 is 0 Å². The highest BCUT2D eigenvalue weighted by Gasteiger charge is 2.31. The summed E-state index contributed by atoms with van der Waals surface area (Å²) in [6.07, 6.45) is 4.47. The first-order chi connectivity index (χ1) is 12.3. The molecule has 1 aromatic heterocycles. The highest BCUT2D eigenvalue weighted by Crippen LogP contribution is 2.31. The Morgan fingerprint density at radius 1 is 1.12 bits per heavy atom. The Bertz CT molecular complexity index is 694. The Morgan fingerprint density at radius 2 is 1.96 bits per heavy atom. The van der Waals surface area contributed by atoms with E-state index in [0.717, 1.165) is 62.8 Å². The largest absolute Gasteiger partial charge is 0.381 e. The molecule has 5 nitrogen and oxygen atoms in total. The van der Waals surface area contributed by atoms with E-state index in [4.69, 9.17) is 9.26 Å². The first-order valence-corrected chi connectivity index (χ1v) is 9.44. The molecule has 0 amide bonds. The van der Waals surface area contributed by atoms with E-state index in [2.05, 4.69) is 46.2 Å². The van der Waals surface area contributed by atoms with Crippen LogP contribution in [-0.2, 0) is 17.7 Å². The van der Waals surface area contributed by atoms with E-state index in [-0.39, 0.29) is 0 Å². The van der Waals surface area contributed by atoms with Gasteiger partial charge in [0.1, 0.15) is 0 Å². The van der Waals surface area contributed by atoms with Gasteiger partial charge in [-0.05, 0) is 55.7 Å². The van der Waals surface area contributed by atoms with E-state index in [1.807, 2.05) is 0 Å². The third-order valence-electron chi connectivity index (χ3n) is 5.72. The lowest BCUT2D eigenvalue weighted by atomic mass is 9.85. The highest BCUT2D eigenvalue weighted by atomic mass is 16.5. The van der Waals surface area contributed by atoms with Gasteiger partial charge in [0.25, 0.3) is 0 Å². The Hall–Kier alpha value is -1.72. The van der Waals surface area contributed by atoms with Crippen LogP contribution in [0.25, 0.3) is 0 Å². The molecule has 4 rings (SSSR count). The summed E-state index contributed by atoms with van der Waals surface area (Å²) in [6, 6.07) is 8.37. The van der Waals surface area contributed by atoms with E-state index < -0.39 is 0 Å². The lowest BCUT2D eigenvalue weighted by Gasteiger charge is -2.27. The summed E-state index contributed by atoms with van der Waals surface area (Å²) >= 11 is 0. The van der Waals surface area contributed by atoms with Crippen LogP contribution in [0, 0.1) is 18.8 Å². The van der Waals surface area contributed by atoms with Crippen molar-refractivity contribution < 1.29 is 9.26 Å². The molecule has 2 fully saturated rings. The maximum atomic E-state index is 5.50. The Labute approximate surface area is 149 Å². The summed E-state index contributed by atoms with van der Waals surface area (Å²) in [4.78, 5) is 7.07. The van der Waals surface area contributed by atoms with Crippen molar-refractivity contribution in [2.45, 2.75) is 39.2 Å². The number of ether oxygens (including phenoxy) is 1. The smallest absolute Gasteiger partial charge is 0.240 e. The molecule has 0 aliphatic carbocycles. The van der Waals surface area contributed by atoms with E-state index >= 15 is 0 Å². The van der Waals surface area contributed by atoms with Crippen molar-refractivity contribution in [1.29, 1.82) is 0 Å². The van der Waals surface area contributed by atoms with Crippen LogP contribution >= 0.6 is 0 Å². The van der Waals surface area contributed by atoms with Gasteiger partial charge >= 0.3 is 0 Å². The number of benzene rings is 1. The molecule has 0 radical (unpaired) electrons. The van der Waals surface area contributed by atoms with Crippen LogP contribution in [-0.4, -0.2) is 41.3 Å². The second kappa shape index (κ2) is 7.67. The number of aromatic nitrogens is 2. The van der Waals surface area contributed by atoms with Crippen LogP contribution in [0.4, 0.5) is 0 Å². The average molecular weight is 341 g/mol. The standard InChI is InChI=1S/C20H27N3O2/c1-15-4-2-3-5-17(15)12-19-21-20(25-22-19)14-23-9-6-18(13-23)16-7-10-24-11-8-16/h2-5,16,18H,6-14H2,1H3. The fourth-order valence-corrected chi connectivity index (χ4v) is 4.17. The minimum Gasteiger partial charge on any atom is -0.381 e. The summed E-state index contributed by atoms with van der Waals surface area (Å²) in [5, 5.41) is 4.17. The molecule has 5 heteroatoms. The number of rotatable bonds is 5. The van der Waals surface area contributed by atoms with Crippen molar-refractivity contribution in [3.8, 4) is 0 Å². The Morgan fingerprint density at radius 3 is 2.80 bits per heavy atom. The lowest BCUT2D eigenvalue weighted by Crippen LogP contribution is -2.26. The molecule has 2 saturated heterocycles. The number of hydrogen-bond donors (Lipinski definition) is 0. The predicted octanol–water partition coefficient (Wildman–Crippen LogP) is 3.22. The van der Waals surface area contributed by atoms with Crippen molar-refractivity contribution in [3.05, 3.63) is 47.1 Å². The quantitative estimate of drug-likeness (QED) is 0.836. The fourth-order valence-electron chi connectivity index (χ4n) is 4.17. The molecule has 0 bridgehead atoms. The zero-order chi connectivity index (χ0) is 17.1. The predicted molar refractivity (Wildman–Crippen MR) is 95.2 cm³/mol. The molecular weight excluding hydrogens is 314 g/mol. The first kappa shape index (κ1) is 16.7. The molecule has 25 heavy (non-hydrogen) atoms. The van der Waals surface area contributed by atoms with Crippen LogP contribution in [0.2, 0.25) is 0 Å². The molecular formula is C20H27N3O2. The molecule has 2 aliphatic rings. The van der Waals surface area contributed by atoms with E-state index in [9.17, 15) is 0 Å². The van der Waals surface area contributed by atoms with Crippen LogP contribution in [0.1, 0.15) is 42.1 Å². The van der Waals surface area contributed by atoms with Gasteiger partial charge in [0.2, 0.25) is 5.89 Å². The zero-order valence-electron chi connectivity index (χ0n) is 15.0. The lowest BCUT2D eigenvalue weighted by molar-refractivity contribution is 0.0475. The highest BCUT2D eigenvalue weighted by molar-refractivity contribution is 5.27. The number of aryl methyl sites for hydroxylation is 1. The molecule has 1 atom stereocenters. The van der Waals surface area contributed by atoms with Crippen molar-refractivity contribution in [2.75, 3.05) is 26.3 Å². The van der Waals surface area contributed by atoms with Crippen molar-refractivity contribution in [1.82, 2.24) is 15.0 Å². The number of nitrogens with zero attached hydrogens (tertiary/aromatic N) is 3. The van der Waals surface area contributed by atoms with Crippen LogP contribution in [0.5, 0.6) is 0 Å². The van der Waals surface area contributed by atoms with Gasteiger partial charge in [0.05, 0.1) is 6.54 Å². The molecule has 0 saturated carbocycles. The van der Waals surface area contributed by atoms with Gasteiger partial charge in [-0.25, -0.2) is 0 Å². The molecule has 3 heterocycles. The van der Waals surface area contributed by atoms with Crippen molar-refractivity contribution in [3.63, 3.8) is 0 Å². The third-order valence-corrected chi connectivity index (χ3v) is 5.72. The number of hydrogen-bond acceptors (Lipinski definition) is 5. The summed E-state index contributed by atoms with van der Waals surface area (Å²) in [7, 11) is 0. The van der Waals surface area contributed by atoms with Gasteiger partial charge < -0.3 is 9.26 Å². The second-order valence-electron chi connectivity index (χ2n) is 7.44. The van der Waals surface area contributed by atoms with Crippen LogP contribution < -0.4 is 0 Å². The molecule has 0 N–H and O–H groups in total. The molecule has 0 spiro atoms.